The molecule has 6 nitrogen and oxygen atoms in total. The minimum absolute atomic E-state index is 0.169. The summed E-state index contributed by atoms with van der Waals surface area (Å²) < 4.78 is 50.3. The molecule has 148 valence electrons. The lowest BCUT2D eigenvalue weighted by molar-refractivity contribution is 0.340. The first-order valence-corrected chi connectivity index (χ1v) is 10.6. The van der Waals surface area contributed by atoms with E-state index < -0.39 is 15.8 Å². The number of hydrogen-bond donors (Lipinski definition) is 1. The molecule has 2 heterocycles. The van der Waals surface area contributed by atoms with Crippen molar-refractivity contribution in [3.05, 3.63) is 17.9 Å². The molecule has 0 amide bonds. The summed E-state index contributed by atoms with van der Waals surface area (Å²) in [5, 5.41) is 3.28. The van der Waals surface area contributed by atoms with Crippen LogP contribution in [0.1, 0.15) is 38.5 Å². The fraction of sp³-hybridized carbons (Fsp3) is 0.667. The van der Waals surface area contributed by atoms with Gasteiger partial charge in [-0.3, -0.25) is 0 Å². The second-order valence-corrected chi connectivity index (χ2v) is 8.32. The Hall–Kier alpha value is -1.38. The Bertz CT molecular complexity index is 661. The molecule has 8 heteroatoms. The van der Waals surface area contributed by atoms with E-state index in [1.54, 1.807) is 0 Å². The average Bonchev–Trinajstić information content (AvgIpc) is 2.70. The lowest BCUT2D eigenvalue weighted by Crippen LogP contribution is -2.36. The Morgan fingerprint density at radius 2 is 1.46 bits per heavy atom. The lowest BCUT2D eigenvalue weighted by atomic mass is 10.2. The molecule has 2 saturated heterocycles. The molecule has 2 aliphatic heterocycles. The number of hydrogen-bond acceptors (Lipinski definition) is 5. The molecule has 26 heavy (non-hydrogen) atoms. The third kappa shape index (κ3) is 5.31. The predicted octanol–water partition coefficient (Wildman–Crippen LogP) is 2.78. The van der Waals surface area contributed by atoms with Crippen LogP contribution in [0.4, 0.5) is 4.39 Å². The number of benzene rings is 1. The maximum atomic E-state index is 14.1. The van der Waals surface area contributed by atoms with Gasteiger partial charge in [0, 0.05) is 25.2 Å². The first kappa shape index (κ1) is 20.9. The van der Waals surface area contributed by atoms with E-state index in [1.165, 1.54) is 56.9 Å². The first-order chi connectivity index (χ1) is 12.5. The standard InChI is InChI=1S/C13H18FNO4S.C5H11N/c1-18-11-8-10(14)13(9-12(11)19-2)20(16,17)15-6-4-3-5-7-15;1-2-4-6-5-3-1/h8-9H,3-7H2,1-2H3;6H,1-5H2. The fourth-order valence-corrected chi connectivity index (χ4v) is 4.66. The first-order valence-electron chi connectivity index (χ1n) is 9.13. The third-order valence-corrected chi connectivity index (χ3v) is 6.49. The van der Waals surface area contributed by atoms with Crippen LogP contribution in [0.2, 0.25) is 0 Å². The van der Waals surface area contributed by atoms with Crippen LogP contribution < -0.4 is 14.8 Å². The van der Waals surface area contributed by atoms with Crippen LogP contribution in [-0.2, 0) is 10.0 Å². The molecule has 1 N–H and O–H groups in total. The van der Waals surface area contributed by atoms with E-state index in [-0.39, 0.29) is 16.4 Å². The third-order valence-electron chi connectivity index (χ3n) is 4.58. The van der Waals surface area contributed by atoms with Crippen molar-refractivity contribution < 1.29 is 22.3 Å². The van der Waals surface area contributed by atoms with E-state index in [0.717, 1.165) is 25.3 Å². The van der Waals surface area contributed by atoms with E-state index in [4.69, 9.17) is 9.47 Å². The van der Waals surface area contributed by atoms with Crippen molar-refractivity contribution in [2.45, 2.75) is 43.4 Å². The van der Waals surface area contributed by atoms with Gasteiger partial charge in [-0.2, -0.15) is 4.31 Å². The van der Waals surface area contributed by atoms with E-state index >= 15 is 0 Å². The molecule has 3 rings (SSSR count). The van der Waals surface area contributed by atoms with Crippen LogP contribution in [0.5, 0.6) is 11.5 Å². The van der Waals surface area contributed by atoms with Gasteiger partial charge < -0.3 is 14.8 Å². The number of ether oxygens (including phenoxy) is 2. The zero-order chi connectivity index (χ0) is 19.0. The smallest absolute Gasteiger partial charge is 0.246 e. The second-order valence-electron chi connectivity index (χ2n) is 6.41. The molecule has 0 aliphatic carbocycles. The molecule has 0 saturated carbocycles. The van der Waals surface area contributed by atoms with E-state index in [9.17, 15) is 12.8 Å². The highest BCUT2D eigenvalue weighted by Crippen LogP contribution is 2.33. The molecule has 2 aliphatic rings. The molecular weight excluding hydrogens is 359 g/mol. The van der Waals surface area contributed by atoms with Gasteiger partial charge >= 0.3 is 0 Å². The SMILES string of the molecule is C1CCNCC1.COc1cc(F)c(S(=O)(=O)N2CCCCC2)cc1OC. The molecule has 0 radical (unpaired) electrons. The Morgan fingerprint density at radius 1 is 0.923 bits per heavy atom. The van der Waals surface area contributed by atoms with E-state index in [1.807, 2.05) is 0 Å². The minimum Gasteiger partial charge on any atom is -0.493 e. The number of halogens is 1. The molecule has 1 aromatic carbocycles. The van der Waals surface area contributed by atoms with Gasteiger partial charge in [0.1, 0.15) is 10.7 Å². The van der Waals surface area contributed by atoms with Crippen LogP contribution in [0.3, 0.4) is 0 Å². The number of piperidine rings is 2. The molecule has 0 aromatic heterocycles. The van der Waals surface area contributed by atoms with Crippen LogP contribution in [0.15, 0.2) is 17.0 Å². The summed E-state index contributed by atoms with van der Waals surface area (Å²) in [5.41, 5.74) is 0. The quantitative estimate of drug-likeness (QED) is 0.859. The molecular formula is C18H29FN2O4S. The summed E-state index contributed by atoms with van der Waals surface area (Å²) in [6.07, 6.45) is 6.82. The van der Waals surface area contributed by atoms with Gasteiger partial charge in [0.2, 0.25) is 10.0 Å². The largest absolute Gasteiger partial charge is 0.493 e. The highest BCUT2D eigenvalue weighted by molar-refractivity contribution is 7.89. The fourth-order valence-electron chi connectivity index (χ4n) is 3.08. The molecule has 0 atom stereocenters. The molecule has 0 bridgehead atoms. The lowest BCUT2D eigenvalue weighted by Gasteiger charge is -2.26. The monoisotopic (exact) mass is 388 g/mol. The maximum Gasteiger partial charge on any atom is 0.246 e. The summed E-state index contributed by atoms with van der Waals surface area (Å²) in [6, 6.07) is 2.22. The van der Waals surface area contributed by atoms with Gasteiger partial charge in [0.15, 0.2) is 11.5 Å². The minimum atomic E-state index is -3.83. The maximum absolute atomic E-state index is 14.1. The average molecular weight is 389 g/mol. The van der Waals surface area contributed by atoms with E-state index in [2.05, 4.69) is 5.32 Å². The van der Waals surface area contributed by atoms with Crippen LogP contribution in [0.25, 0.3) is 0 Å². The van der Waals surface area contributed by atoms with Crippen molar-refractivity contribution in [1.82, 2.24) is 9.62 Å². The van der Waals surface area contributed by atoms with Crippen LogP contribution in [-0.4, -0.2) is 53.1 Å². The highest BCUT2D eigenvalue weighted by Gasteiger charge is 2.30. The molecule has 2 fully saturated rings. The second kappa shape index (κ2) is 10.1. The Morgan fingerprint density at radius 3 is 1.92 bits per heavy atom. The number of nitrogens with zero attached hydrogens (tertiary/aromatic N) is 1. The normalized spacial score (nSPS) is 18.6. The Labute approximate surface area is 155 Å². The number of methoxy groups -OCH3 is 2. The van der Waals surface area contributed by atoms with Gasteiger partial charge in [-0.15, -0.1) is 0 Å². The van der Waals surface area contributed by atoms with Gasteiger partial charge in [-0.1, -0.05) is 12.8 Å². The summed E-state index contributed by atoms with van der Waals surface area (Å²) >= 11 is 0. The number of nitrogens with one attached hydrogen (secondary N) is 1. The van der Waals surface area contributed by atoms with Gasteiger partial charge in [0.25, 0.3) is 0 Å². The van der Waals surface area contributed by atoms with Crippen molar-refractivity contribution in [1.29, 1.82) is 0 Å². The number of sulfonamides is 1. The van der Waals surface area contributed by atoms with Crippen LogP contribution >= 0.6 is 0 Å². The predicted molar refractivity (Wildman–Crippen MR) is 98.8 cm³/mol. The van der Waals surface area contributed by atoms with Crippen molar-refractivity contribution in [3.8, 4) is 11.5 Å². The topological polar surface area (TPSA) is 67.9 Å². The summed E-state index contributed by atoms with van der Waals surface area (Å²) in [4.78, 5) is -0.364. The molecule has 1 aromatic rings. The van der Waals surface area contributed by atoms with Gasteiger partial charge in [-0.05, 0) is 38.8 Å². The highest BCUT2D eigenvalue weighted by atomic mass is 32.2. The summed E-state index contributed by atoms with van der Waals surface area (Å²) in [7, 11) is -1.07. The van der Waals surface area contributed by atoms with Crippen molar-refractivity contribution in [2.75, 3.05) is 40.4 Å². The zero-order valence-electron chi connectivity index (χ0n) is 15.6. The Kier molecular flexibility index (Phi) is 8.12. The summed E-state index contributed by atoms with van der Waals surface area (Å²) in [5.74, 6) is -0.458. The van der Waals surface area contributed by atoms with Crippen molar-refractivity contribution in [3.63, 3.8) is 0 Å². The molecule has 0 spiro atoms. The van der Waals surface area contributed by atoms with Crippen LogP contribution in [0, 0.1) is 5.82 Å². The van der Waals surface area contributed by atoms with Crippen molar-refractivity contribution >= 4 is 10.0 Å². The summed E-state index contributed by atoms with van der Waals surface area (Å²) in [6.45, 7) is 3.35. The zero-order valence-corrected chi connectivity index (χ0v) is 16.4. The number of rotatable bonds is 4. The van der Waals surface area contributed by atoms with E-state index in [0.29, 0.717) is 13.1 Å². The van der Waals surface area contributed by atoms with Crippen molar-refractivity contribution in [2.24, 2.45) is 0 Å². The Balaban J connectivity index is 0.000000342. The van der Waals surface area contributed by atoms with Gasteiger partial charge in [-0.25, -0.2) is 12.8 Å². The molecule has 0 unspecified atom stereocenters. The van der Waals surface area contributed by atoms with Gasteiger partial charge in [0.05, 0.1) is 14.2 Å².